The van der Waals surface area contributed by atoms with Crippen LogP contribution in [-0.4, -0.2) is 25.0 Å². The molecule has 2 N–H and O–H groups in total. The molecule has 0 aliphatic carbocycles. The summed E-state index contributed by atoms with van der Waals surface area (Å²) in [5, 5.41) is 0. The number of rotatable bonds is 2. The molecule has 2 aromatic rings. The number of pyridine rings is 1. The van der Waals surface area contributed by atoms with E-state index in [-0.39, 0.29) is 10.5 Å². The summed E-state index contributed by atoms with van der Waals surface area (Å²) in [7, 11) is -3.30. The van der Waals surface area contributed by atoms with Gasteiger partial charge in [-0.25, -0.2) is 8.42 Å². The molecule has 6 heteroatoms. The average molecular weight is 238 g/mol. The van der Waals surface area contributed by atoms with E-state index in [1.165, 1.54) is 12.1 Å². The molecule has 1 amide bonds. The number of carbonyl (C=O) groups is 1. The Morgan fingerprint density at radius 1 is 1.31 bits per heavy atom. The van der Waals surface area contributed by atoms with Gasteiger partial charge in [-0.1, -0.05) is 0 Å². The van der Waals surface area contributed by atoms with Crippen molar-refractivity contribution < 1.29 is 13.2 Å². The van der Waals surface area contributed by atoms with Crippen LogP contribution in [0.15, 0.2) is 35.5 Å². The Morgan fingerprint density at radius 3 is 2.50 bits per heavy atom. The molecular weight excluding hydrogens is 228 g/mol. The molecule has 2 aromatic heterocycles. The van der Waals surface area contributed by atoms with Crippen molar-refractivity contribution in [2.45, 2.75) is 4.90 Å². The largest absolute Gasteiger partial charge is 0.366 e. The maximum Gasteiger partial charge on any atom is 0.248 e. The van der Waals surface area contributed by atoms with E-state index in [4.69, 9.17) is 5.73 Å². The van der Waals surface area contributed by atoms with Crippen LogP contribution in [0.2, 0.25) is 0 Å². The number of carbonyl (C=O) groups excluding carboxylic acids is 1. The minimum Gasteiger partial charge on any atom is -0.366 e. The van der Waals surface area contributed by atoms with Gasteiger partial charge in [-0.2, -0.15) is 0 Å². The molecule has 0 aromatic carbocycles. The van der Waals surface area contributed by atoms with E-state index in [1.54, 1.807) is 22.9 Å². The molecule has 2 rings (SSSR count). The molecule has 0 saturated heterocycles. The van der Waals surface area contributed by atoms with Gasteiger partial charge < -0.3 is 10.1 Å². The first-order valence-corrected chi connectivity index (χ1v) is 6.39. The highest BCUT2D eigenvalue weighted by Crippen LogP contribution is 2.19. The van der Waals surface area contributed by atoms with E-state index in [0.29, 0.717) is 5.52 Å². The van der Waals surface area contributed by atoms with Gasteiger partial charge in [0.15, 0.2) is 9.84 Å². The van der Waals surface area contributed by atoms with E-state index in [0.717, 1.165) is 6.26 Å². The zero-order valence-corrected chi connectivity index (χ0v) is 9.36. The molecular formula is C10H10N2O3S. The number of hydrogen-bond donors (Lipinski definition) is 1. The summed E-state index contributed by atoms with van der Waals surface area (Å²) in [6.07, 6.45) is 4.35. The van der Waals surface area contributed by atoms with Crippen molar-refractivity contribution in [2.24, 2.45) is 5.73 Å². The van der Waals surface area contributed by atoms with Gasteiger partial charge in [0, 0.05) is 24.2 Å². The quantitative estimate of drug-likeness (QED) is 0.824. The fraction of sp³-hybridized carbons (Fsp3) is 0.100. The average Bonchev–Trinajstić information content (AvgIpc) is 2.58. The Hall–Kier alpha value is -1.82. The van der Waals surface area contributed by atoms with Crippen LogP contribution in [0.1, 0.15) is 10.4 Å². The van der Waals surface area contributed by atoms with Crippen molar-refractivity contribution in [3.05, 3.63) is 36.2 Å². The van der Waals surface area contributed by atoms with Crippen LogP contribution in [0.25, 0.3) is 5.52 Å². The van der Waals surface area contributed by atoms with E-state index in [9.17, 15) is 13.2 Å². The van der Waals surface area contributed by atoms with Crippen LogP contribution in [0.4, 0.5) is 0 Å². The molecule has 0 atom stereocenters. The molecule has 0 fully saturated rings. The van der Waals surface area contributed by atoms with Crippen LogP contribution in [0.3, 0.4) is 0 Å². The lowest BCUT2D eigenvalue weighted by Crippen LogP contribution is -2.11. The molecule has 0 unspecified atom stereocenters. The lowest BCUT2D eigenvalue weighted by atomic mass is 10.2. The molecule has 16 heavy (non-hydrogen) atoms. The molecule has 0 spiro atoms. The lowest BCUT2D eigenvalue weighted by molar-refractivity contribution is 0.100. The maximum atomic E-state index is 11.5. The Balaban J connectivity index is 2.80. The van der Waals surface area contributed by atoms with Crippen LogP contribution >= 0.6 is 0 Å². The van der Waals surface area contributed by atoms with E-state index >= 15 is 0 Å². The number of amides is 1. The highest BCUT2D eigenvalue weighted by Gasteiger charge is 2.14. The normalized spacial score (nSPS) is 11.8. The third-order valence-electron chi connectivity index (χ3n) is 2.31. The standard InChI is InChI=1S/C10H10N2O3S/c1-16(14,15)9-3-5-12-4-2-7(10(11)13)6-8(9)12/h2-6H,1H3,(H2,11,13). The highest BCUT2D eigenvalue weighted by molar-refractivity contribution is 7.91. The number of fused-ring (bicyclic) bond motifs is 1. The van der Waals surface area contributed by atoms with Crippen LogP contribution in [-0.2, 0) is 9.84 Å². The van der Waals surface area contributed by atoms with Gasteiger partial charge in [-0.3, -0.25) is 4.79 Å². The number of nitrogens with two attached hydrogens (primary N) is 1. The molecule has 84 valence electrons. The zero-order chi connectivity index (χ0) is 11.9. The molecule has 0 saturated carbocycles. The van der Waals surface area contributed by atoms with Gasteiger partial charge in [0.1, 0.15) is 0 Å². The molecule has 2 heterocycles. The van der Waals surface area contributed by atoms with Crippen molar-refractivity contribution in [3.8, 4) is 0 Å². The zero-order valence-electron chi connectivity index (χ0n) is 8.54. The summed E-state index contributed by atoms with van der Waals surface area (Å²) in [4.78, 5) is 11.2. The van der Waals surface area contributed by atoms with Gasteiger partial charge in [0.25, 0.3) is 0 Å². The van der Waals surface area contributed by atoms with Gasteiger partial charge in [0.05, 0.1) is 10.4 Å². The Labute approximate surface area is 92.4 Å². The second-order valence-corrected chi connectivity index (χ2v) is 5.51. The monoisotopic (exact) mass is 238 g/mol. The fourth-order valence-corrected chi connectivity index (χ4v) is 2.39. The van der Waals surface area contributed by atoms with Crippen LogP contribution < -0.4 is 5.73 Å². The third kappa shape index (κ3) is 1.67. The second kappa shape index (κ2) is 3.34. The van der Waals surface area contributed by atoms with Crippen molar-refractivity contribution in [3.63, 3.8) is 0 Å². The Bertz CT molecular complexity index is 670. The topological polar surface area (TPSA) is 81.6 Å². The van der Waals surface area contributed by atoms with Crippen LogP contribution in [0.5, 0.6) is 0 Å². The molecule has 0 bridgehead atoms. The summed E-state index contributed by atoms with van der Waals surface area (Å²) in [6, 6.07) is 4.51. The van der Waals surface area contributed by atoms with E-state index < -0.39 is 15.7 Å². The number of aromatic nitrogens is 1. The molecule has 0 radical (unpaired) electrons. The van der Waals surface area contributed by atoms with Crippen molar-refractivity contribution in [2.75, 3.05) is 6.26 Å². The first-order valence-electron chi connectivity index (χ1n) is 4.50. The van der Waals surface area contributed by atoms with Crippen LogP contribution in [0, 0.1) is 0 Å². The Kier molecular flexibility index (Phi) is 2.23. The summed E-state index contributed by atoms with van der Waals surface area (Å²) < 4.78 is 24.5. The molecule has 0 aliphatic rings. The second-order valence-electron chi connectivity index (χ2n) is 3.52. The Morgan fingerprint density at radius 2 is 1.94 bits per heavy atom. The van der Waals surface area contributed by atoms with Gasteiger partial charge in [-0.05, 0) is 18.2 Å². The first kappa shape index (κ1) is 10.7. The summed E-state index contributed by atoms with van der Waals surface area (Å²) >= 11 is 0. The summed E-state index contributed by atoms with van der Waals surface area (Å²) in [5.41, 5.74) is 5.88. The number of primary amides is 1. The van der Waals surface area contributed by atoms with Gasteiger partial charge >= 0.3 is 0 Å². The smallest absolute Gasteiger partial charge is 0.248 e. The summed E-state index contributed by atoms with van der Waals surface area (Å²) in [5.74, 6) is -0.580. The van der Waals surface area contributed by atoms with Gasteiger partial charge in [0.2, 0.25) is 5.91 Å². The number of hydrogen-bond acceptors (Lipinski definition) is 3. The van der Waals surface area contributed by atoms with E-state index in [2.05, 4.69) is 0 Å². The van der Waals surface area contributed by atoms with Crippen molar-refractivity contribution >= 4 is 21.3 Å². The van der Waals surface area contributed by atoms with Crippen molar-refractivity contribution in [1.82, 2.24) is 4.40 Å². The van der Waals surface area contributed by atoms with Gasteiger partial charge in [-0.15, -0.1) is 0 Å². The molecule has 0 aliphatic heterocycles. The SMILES string of the molecule is CS(=O)(=O)c1ccn2ccc(C(N)=O)cc12. The summed E-state index contributed by atoms with van der Waals surface area (Å²) in [6.45, 7) is 0. The lowest BCUT2D eigenvalue weighted by Gasteiger charge is -2.00. The van der Waals surface area contributed by atoms with E-state index in [1.807, 2.05) is 0 Å². The highest BCUT2D eigenvalue weighted by atomic mass is 32.2. The van der Waals surface area contributed by atoms with Crippen molar-refractivity contribution in [1.29, 1.82) is 0 Å². The maximum absolute atomic E-state index is 11.5. The predicted octanol–water partition coefficient (Wildman–Crippen LogP) is 0.442. The minimum atomic E-state index is -3.30. The minimum absolute atomic E-state index is 0.190. The fourth-order valence-electron chi connectivity index (χ4n) is 1.54. The first-order chi connectivity index (χ1) is 7.39. The number of nitrogens with zero attached hydrogens (tertiary/aromatic N) is 1. The predicted molar refractivity (Wildman–Crippen MR) is 59.0 cm³/mol. The number of sulfone groups is 1. The third-order valence-corrected chi connectivity index (χ3v) is 3.45. The molecule has 5 nitrogen and oxygen atoms in total.